The summed E-state index contributed by atoms with van der Waals surface area (Å²) in [5, 5.41) is 11.0. The Balaban J connectivity index is 2.41. The van der Waals surface area contributed by atoms with Crippen LogP contribution >= 0.6 is 0 Å². The van der Waals surface area contributed by atoms with Crippen LogP contribution in [0.5, 0.6) is 0 Å². The smallest absolute Gasteiger partial charge is 0.322 e. The molecule has 4 nitrogen and oxygen atoms in total. The van der Waals surface area contributed by atoms with E-state index in [0.29, 0.717) is 0 Å². The van der Waals surface area contributed by atoms with E-state index in [1.165, 1.54) is 6.42 Å². The first-order valence-corrected chi connectivity index (χ1v) is 5.35. The van der Waals surface area contributed by atoms with Crippen molar-refractivity contribution in [1.29, 1.82) is 0 Å². The molecule has 0 aromatic heterocycles. The average Bonchev–Trinajstić information content (AvgIpc) is 2.15. The largest absolute Gasteiger partial charge is 0.480 e. The summed E-state index contributed by atoms with van der Waals surface area (Å²) >= 11 is 0. The van der Waals surface area contributed by atoms with Crippen LogP contribution in [-0.2, 0) is 4.79 Å². The fourth-order valence-electron chi connectivity index (χ4n) is 1.71. The molecule has 0 amide bonds. The minimum atomic E-state index is -0.759. The summed E-state index contributed by atoms with van der Waals surface area (Å²) in [6.07, 6.45) is 3.59. The Labute approximate surface area is 85.3 Å². The van der Waals surface area contributed by atoms with Crippen molar-refractivity contribution in [1.82, 2.24) is 10.4 Å². The molecule has 0 aliphatic carbocycles. The van der Waals surface area contributed by atoms with E-state index in [1.807, 2.05) is 18.9 Å². The van der Waals surface area contributed by atoms with Gasteiger partial charge in [0.15, 0.2) is 0 Å². The monoisotopic (exact) mass is 200 g/mol. The first-order valence-electron chi connectivity index (χ1n) is 5.35. The normalized spacial score (nSPS) is 21.1. The number of carboxylic acid groups (broad SMARTS) is 1. The average molecular weight is 200 g/mol. The molecule has 0 aromatic rings. The van der Waals surface area contributed by atoms with E-state index >= 15 is 0 Å². The van der Waals surface area contributed by atoms with Gasteiger partial charge in [0.25, 0.3) is 0 Å². The molecule has 0 spiro atoms. The van der Waals surface area contributed by atoms with Crippen LogP contribution < -0.4 is 5.43 Å². The number of piperidine rings is 1. The molecule has 82 valence electrons. The standard InChI is InChI=1S/C10H20N2O2/c1-8(2)9(10(13)14)11-12-6-4-3-5-7-12/h8-9,11H,3-7H2,1-2H3,(H,13,14). The van der Waals surface area contributed by atoms with Crippen LogP contribution in [0.1, 0.15) is 33.1 Å². The lowest BCUT2D eigenvalue weighted by Crippen LogP contribution is -2.52. The van der Waals surface area contributed by atoms with Gasteiger partial charge < -0.3 is 5.11 Å². The van der Waals surface area contributed by atoms with Crippen molar-refractivity contribution in [2.75, 3.05) is 13.1 Å². The van der Waals surface area contributed by atoms with Gasteiger partial charge in [0.2, 0.25) is 0 Å². The summed E-state index contributed by atoms with van der Waals surface area (Å²) in [4.78, 5) is 10.9. The molecule has 0 saturated carbocycles. The van der Waals surface area contributed by atoms with Crippen molar-refractivity contribution in [3.63, 3.8) is 0 Å². The highest BCUT2D eigenvalue weighted by atomic mass is 16.4. The fraction of sp³-hybridized carbons (Fsp3) is 0.900. The molecule has 1 fully saturated rings. The van der Waals surface area contributed by atoms with E-state index in [1.54, 1.807) is 0 Å². The van der Waals surface area contributed by atoms with Crippen LogP contribution in [0.15, 0.2) is 0 Å². The lowest BCUT2D eigenvalue weighted by molar-refractivity contribution is -0.142. The predicted octanol–water partition coefficient (Wildman–Crippen LogP) is 1.09. The fourth-order valence-corrected chi connectivity index (χ4v) is 1.71. The van der Waals surface area contributed by atoms with Gasteiger partial charge in [-0.15, -0.1) is 0 Å². The van der Waals surface area contributed by atoms with E-state index in [4.69, 9.17) is 5.11 Å². The minimum absolute atomic E-state index is 0.120. The molecular formula is C10H20N2O2. The second-order valence-electron chi connectivity index (χ2n) is 4.24. The second kappa shape index (κ2) is 5.32. The maximum atomic E-state index is 10.9. The minimum Gasteiger partial charge on any atom is -0.480 e. The molecule has 1 aliphatic heterocycles. The SMILES string of the molecule is CC(C)C(NN1CCCCC1)C(=O)O. The van der Waals surface area contributed by atoms with E-state index in [0.717, 1.165) is 25.9 Å². The quantitative estimate of drug-likeness (QED) is 0.713. The summed E-state index contributed by atoms with van der Waals surface area (Å²) in [6, 6.07) is -0.451. The third kappa shape index (κ3) is 3.27. The Hall–Kier alpha value is -0.610. The summed E-state index contributed by atoms with van der Waals surface area (Å²) in [5.41, 5.74) is 3.09. The van der Waals surface area contributed by atoms with Gasteiger partial charge in [0.05, 0.1) is 0 Å². The van der Waals surface area contributed by atoms with E-state index in [9.17, 15) is 4.79 Å². The Morgan fingerprint density at radius 2 is 1.86 bits per heavy atom. The lowest BCUT2D eigenvalue weighted by Gasteiger charge is -2.31. The van der Waals surface area contributed by atoms with Crippen LogP contribution in [0, 0.1) is 5.92 Å². The molecule has 2 N–H and O–H groups in total. The maximum absolute atomic E-state index is 10.9. The predicted molar refractivity (Wildman–Crippen MR) is 54.8 cm³/mol. The third-order valence-electron chi connectivity index (χ3n) is 2.61. The van der Waals surface area contributed by atoms with Crippen LogP contribution in [0.2, 0.25) is 0 Å². The van der Waals surface area contributed by atoms with Crippen LogP contribution in [-0.4, -0.2) is 35.2 Å². The van der Waals surface area contributed by atoms with Gasteiger partial charge in [-0.3, -0.25) is 4.79 Å². The summed E-state index contributed by atoms with van der Waals surface area (Å²) in [6.45, 7) is 5.79. The van der Waals surface area contributed by atoms with Gasteiger partial charge in [-0.25, -0.2) is 10.4 Å². The molecule has 0 bridgehead atoms. The Kier molecular flexibility index (Phi) is 4.35. The number of aliphatic carboxylic acids is 1. The van der Waals surface area contributed by atoms with Gasteiger partial charge in [-0.05, 0) is 18.8 Å². The zero-order valence-electron chi connectivity index (χ0n) is 8.99. The van der Waals surface area contributed by atoms with E-state index in [-0.39, 0.29) is 5.92 Å². The van der Waals surface area contributed by atoms with Gasteiger partial charge in [-0.2, -0.15) is 0 Å². The topological polar surface area (TPSA) is 52.6 Å². The number of nitrogens with zero attached hydrogens (tertiary/aromatic N) is 1. The zero-order valence-corrected chi connectivity index (χ0v) is 8.99. The molecule has 1 rings (SSSR count). The highest BCUT2D eigenvalue weighted by Gasteiger charge is 2.24. The van der Waals surface area contributed by atoms with Crippen molar-refractivity contribution in [3.8, 4) is 0 Å². The highest BCUT2D eigenvalue weighted by molar-refractivity contribution is 5.73. The Bertz CT molecular complexity index is 189. The molecule has 1 saturated heterocycles. The Morgan fingerprint density at radius 3 is 2.29 bits per heavy atom. The van der Waals surface area contributed by atoms with Gasteiger partial charge in [-0.1, -0.05) is 20.3 Å². The Morgan fingerprint density at radius 1 is 1.29 bits per heavy atom. The molecule has 0 radical (unpaired) electrons. The van der Waals surface area contributed by atoms with Gasteiger partial charge in [0.1, 0.15) is 6.04 Å². The third-order valence-corrected chi connectivity index (χ3v) is 2.61. The van der Waals surface area contributed by atoms with Crippen molar-refractivity contribution in [2.24, 2.45) is 5.92 Å². The van der Waals surface area contributed by atoms with Crippen molar-refractivity contribution in [2.45, 2.75) is 39.2 Å². The summed E-state index contributed by atoms with van der Waals surface area (Å²) in [7, 11) is 0. The molecule has 14 heavy (non-hydrogen) atoms. The highest BCUT2D eigenvalue weighted by Crippen LogP contribution is 2.09. The number of nitrogens with one attached hydrogen (secondary N) is 1. The van der Waals surface area contributed by atoms with Crippen LogP contribution in [0.4, 0.5) is 0 Å². The number of carboxylic acids is 1. The number of rotatable bonds is 4. The molecule has 1 heterocycles. The molecule has 4 heteroatoms. The maximum Gasteiger partial charge on any atom is 0.322 e. The number of hydrogen-bond donors (Lipinski definition) is 2. The lowest BCUT2D eigenvalue weighted by atomic mass is 10.1. The zero-order chi connectivity index (χ0) is 10.6. The number of carbonyl (C=O) groups is 1. The molecule has 0 aromatic carbocycles. The number of hydrazine groups is 1. The van der Waals surface area contributed by atoms with Gasteiger partial charge >= 0.3 is 5.97 Å². The van der Waals surface area contributed by atoms with Crippen molar-refractivity contribution in [3.05, 3.63) is 0 Å². The van der Waals surface area contributed by atoms with E-state index in [2.05, 4.69) is 5.43 Å². The first-order chi connectivity index (χ1) is 6.61. The molecule has 1 unspecified atom stereocenters. The second-order valence-corrected chi connectivity index (χ2v) is 4.24. The summed E-state index contributed by atoms with van der Waals surface area (Å²) in [5.74, 6) is -0.639. The van der Waals surface area contributed by atoms with Crippen LogP contribution in [0.25, 0.3) is 0 Å². The number of hydrogen-bond acceptors (Lipinski definition) is 3. The molecule has 1 atom stereocenters. The summed E-state index contributed by atoms with van der Waals surface area (Å²) < 4.78 is 0. The van der Waals surface area contributed by atoms with Crippen molar-refractivity contribution >= 4 is 5.97 Å². The van der Waals surface area contributed by atoms with E-state index < -0.39 is 12.0 Å². The van der Waals surface area contributed by atoms with Crippen LogP contribution in [0.3, 0.4) is 0 Å². The first kappa shape index (κ1) is 11.5. The molecular weight excluding hydrogens is 180 g/mol. The van der Waals surface area contributed by atoms with Gasteiger partial charge in [0, 0.05) is 13.1 Å². The van der Waals surface area contributed by atoms with Crippen molar-refractivity contribution < 1.29 is 9.90 Å². The molecule has 1 aliphatic rings.